The third kappa shape index (κ3) is 6.10. The van der Waals surface area contributed by atoms with Crippen molar-refractivity contribution in [2.24, 2.45) is 0 Å². The van der Waals surface area contributed by atoms with E-state index in [1.165, 1.54) is 0 Å². The first kappa shape index (κ1) is 19.8. The molecule has 0 saturated heterocycles. The van der Waals surface area contributed by atoms with E-state index < -0.39 is 12.2 Å². The molecule has 6 heteroatoms. The van der Waals surface area contributed by atoms with Gasteiger partial charge in [0.15, 0.2) is 12.2 Å². The zero-order chi connectivity index (χ0) is 17.9. The lowest BCUT2D eigenvalue weighted by molar-refractivity contribution is -0.152. The monoisotopic (exact) mass is 338 g/mol. The standard InChI is InChI=1S/C18H26O6/c1-5-15(17(19)21-7-3)23-13-9-11-14(12-10-13)24-16(6-2)18(20)22-8-4/h9-12,15-16H,5-8H2,1-4H3/t15-,16-/m0/s1. The molecule has 0 spiro atoms. The summed E-state index contributed by atoms with van der Waals surface area (Å²) in [5.41, 5.74) is 0. The molecule has 0 amide bonds. The minimum atomic E-state index is -0.639. The zero-order valence-electron chi connectivity index (χ0n) is 14.7. The molecule has 0 saturated carbocycles. The van der Waals surface area contributed by atoms with Crippen molar-refractivity contribution < 1.29 is 28.5 Å². The molecule has 24 heavy (non-hydrogen) atoms. The molecule has 1 aromatic carbocycles. The highest BCUT2D eigenvalue weighted by atomic mass is 16.6. The molecule has 0 unspecified atom stereocenters. The fourth-order valence-electron chi connectivity index (χ4n) is 1.99. The highest BCUT2D eigenvalue weighted by Gasteiger charge is 2.21. The lowest BCUT2D eigenvalue weighted by Crippen LogP contribution is -2.29. The summed E-state index contributed by atoms with van der Waals surface area (Å²) in [6.07, 6.45) is -0.255. The highest BCUT2D eigenvalue weighted by molar-refractivity contribution is 5.75. The van der Waals surface area contributed by atoms with Gasteiger partial charge in [0.2, 0.25) is 0 Å². The van der Waals surface area contributed by atoms with Crippen LogP contribution in [0.15, 0.2) is 24.3 Å². The van der Waals surface area contributed by atoms with Crippen LogP contribution in [0.25, 0.3) is 0 Å². The van der Waals surface area contributed by atoms with Gasteiger partial charge in [-0.05, 0) is 51.0 Å². The second-order valence-electron chi connectivity index (χ2n) is 5.00. The van der Waals surface area contributed by atoms with Crippen LogP contribution in [-0.2, 0) is 19.1 Å². The van der Waals surface area contributed by atoms with Gasteiger partial charge in [-0.2, -0.15) is 0 Å². The van der Waals surface area contributed by atoms with Crippen LogP contribution in [0.1, 0.15) is 40.5 Å². The summed E-state index contributed by atoms with van der Waals surface area (Å²) < 4.78 is 21.2. The molecular formula is C18H26O6. The van der Waals surface area contributed by atoms with Gasteiger partial charge in [0.05, 0.1) is 13.2 Å². The van der Waals surface area contributed by atoms with Crippen molar-refractivity contribution in [2.75, 3.05) is 13.2 Å². The minimum absolute atomic E-state index is 0.317. The number of esters is 2. The Hall–Kier alpha value is -2.24. The van der Waals surface area contributed by atoms with E-state index >= 15 is 0 Å². The van der Waals surface area contributed by atoms with Gasteiger partial charge in [0, 0.05) is 0 Å². The van der Waals surface area contributed by atoms with Crippen molar-refractivity contribution >= 4 is 11.9 Å². The summed E-state index contributed by atoms with van der Waals surface area (Å²) in [6.45, 7) is 7.85. The van der Waals surface area contributed by atoms with Crippen LogP contribution in [0.5, 0.6) is 11.5 Å². The van der Waals surface area contributed by atoms with Crippen LogP contribution in [0.4, 0.5) is 0 Å². The van der Waals surface area contributed by atoms with Gasteiger partial charge in [-0.1, -0.05) is 13.8 Å². The van der Waals surface area contributed by atoms with Gasteiger partial charge in [-0.25, -0.2) is 9.59 Å². The maximum atomic E-state index is 11.7. The molecule has 134 valence electrons. The number of ether oxygens (including phenoxy) is 4. The third-order valence-corrected chi connectivity index (χ3v) is 3.22. The second kappa shape index (κ2) is 10.5. The molecule has 1 aromatic rings. The molecule has 0 aliphatic rings. The van der Waals surface area contributed by atoms with Crippen LogP contribution >= 0.6 is 0 Å². The summed E-state index contributed by atoms with van der Waals surface area (Å²) in [4.78, 5) is 23.5. The molecule has 0 heterocycles. The molecule has 0 aromatic heterocycles. The quantitative estimate of drug-likeness (QED) is 0.610. The topological polar surface area (TPSA) is 71.1 Å². The van der Waals surface area contributed by atoms with Crippen molar-refractivity contribution in [1.29, 1.82) is 0 Å². The average molecular weight is 338 g/mol. The van der Waals surface area contributed by atoms with E-state index in [1.807, 2.05) is 13.8 Å². The smallest absolute Gasteiger partial charge is 0.347 e. The van der Waals surface area contributed by atoms with Gasteiger partial charge in [-0.3, -0.25) is 0 Å². The first-order chi connectivity index (χ1) is 11.5. The minimum Gasteiger partial charge on any atom is -0.479 e. The Morgan fingerprint density at radius 3 is 1.33 bits per heavy atom. The predicted octanol–water partition coefficient (Wildman–Crippen LogP) is 3.13. The molecule has 1 rings (SSSR count). The lowest BCUT2D eigenvalue weighted by atomic mass is 10.2. The third-order valence-electron chi connectivity index (χ3n) is 3.22. The predicted molar refractivity (Wildman–Crippen MR) is 89.1 cm³/mol. The molecule has 0 bridgehead atoms. The molecule has 6 nitrogen and oxygen atoms in total. The summed E-state index contributed by atoms with van der Waals surface area (Å²) in [5, 5.41) is 0. The first-order valence-corrected chi connectivity index (χ1v) is 8.32. The Balaban J connectivity index is 2.67. The molecule has 0 radical (unpaired) electrons. The summed E-state index contributed by atoms with van der Waals surface area (Å²) in [5.74, 6) is 0.306. The van der Waals surface area contributed by atoms with Crippen molar-refractivity contribution in [3.8, 4) is 11.5 Å². The van der Waals surface area contributed by atoms with E-state index in [4.69, 9.17) is 18.9 Å². The Morgan fingerprint density at radius 1 is 0.750 bits per heavy atom. The normalized spacial score (nSPS) is 12.8. The highest BCUT2D eigenvalue weighted by Crippen LogP contribution is 2.21. The fraction of sp³-hybridized carbons (Fsp3) is 0.556. The number of hydrogen-bond donors (Lipinski definition) is 0. The average Bonchev–Trinajstić information content (AvgIpc) is 2.59. The van der Waals surface area contributed by atoms with Crippen LogP contribution in [0.3, 0.4) is 0 Å². The van der Waals surface area contributed by atoms with E-state index in [9.17, 15) is 9.59 Å². The molecule has 0 aliphatic heterocycles. The van der Waals surface area contributed by atoms with Gasteiger partial charge in [-0.15, -0.1) is 0 Å². The van der Waals surface area contributed by atoms with E-state index in [0.29, 0.717) is 37.6 Å². The summed E-state index contributed by atoms with van der Waals surface area (Å²) in [6, 6.07) is 6.76. The van der Waals surface area contributed by atoms with Gasteiger partial charge >= 0.3 is 11.9 Å². The van der Waals surface area contributed by atoms with E-state index in [-0.39, 0.29) is 11.9 Å². The number of carbonyl (C=O) groups excluding carboxylic acids is 2. The number of rotatable bonds is 10. The zero-order valence-corrected chi connectivity index (χ0v) is 14.7. The lowest BCUT2D eigenvalue weighted by Gasteiger charge is -2.18. The van der Waals surface area contributed by atoms with Gasteiger partial charge in [0.25, 0.3) is 0 Å². The van der Waals surface area contributed by atoms with E-state index in [0.717, 1.165) is 0 Å². The van der Waals surface area contributed by atoms with Crippen molar-refractivity contribution in [2.45, 2.75) is 52.7 Å². The molecule has 0 N–H and O–H groups in total. The summed E-state index contributed by atoms with van der Waals surface area (Å²) >= 11 is 0. The Morgan fingerprint density at radius 2 is 1.08 bits per heavy atom. The van der Waals surface area contributed by atoms with Gasteiger partial charge < -0.3 is 18.9 Å². The molecular weight excluding hydrogens is 312 g/mol. The van der Waals surface area contributed by atoms with Crippen LogP contribution in [-0.4, -0.2) is 37.4 Å². The molecule has 0 aliphatic carbocycles. The van der Waals surface area contributed by atoms with Crippen LogP contribution < -0.4 is 9.47 Å². The Bertz CT molecular complexity index is 464. The van der Waals surface area contributed by atoms with Crippen LogP contribution in [0, 0.1) is 0 Å². The Kier molecular flexibility index (Phi) is 8.68. The summed E-state index contributed by atoms with van der Waals surface area (Å²) in [7, 11) is 0. The van der Waals surface area contributed by atoms with Crippen LogP contribution in [0.2, 0.25) is 0 Å². The SMILES string of the molecule is CCOC(=O)[C@H](CC)Oc1ccc(O[C@@H](CC)C(=O)OCC)cc1. The molecule has 2 atom stereocenters. The van der Waals surface area contributed by atoms with Gasteiger partial charge in [0.1, 0.15) is 11.5 Å². The molecule has 0 fully saturated rings. The number of carbonyl (C=O) groups is 2. The van der Waals surface area contributed by atoms with E-state index in [2.05, 4.69) is 0 Å². The number of benzene rings is 1. The van der Waals surface area contributed by atoms with E-state index in [1.54, 1.807) is 38.1 Å². The Labute approximate surface area is 143 Å². The van der Waals surface area contributed by atoms with Crippen molar-refractivity contribution in [3.63, 3.8) is 0 Å². The largest absolute Gasteiger partial charge is 0.479 e. The van der Waals surface area contributed by atoms with Crippen molar-refractivity contribution in [1.82, 2.24) is 0 Å². The maximum Gasteiger partial charge on any atom is 0.347 e. The second-order valence-corrected chi connectivity index (χ2v) is 5.00. The first-order valence-electron chi connectivity index (χ1n) is 8.32. The number of hydrogen-bond acceptors (Lipinski definition) is 6. The fourth-order valence-corrected chi connectivity index (χ4v) is 1.99. The maximum absolute atomic E-state index is 11.7. The van der Waals surface area contributed by atoms with Crippen molar-refractivity contribution in [3.05, 3.63) is 24.3 Å².